The number of halogens is 2. The van der Waals surface area contributed by atoms with Crippen LogP contribution in [0.5, 0.6) is 0 Å². The fourth-order valence-corrected chi connectivity index (χ4v) is 4.43. The molecular formula is C16H19ClFN3O2S. The molecule has 1 aliphatic heterocycles. The molecule has 0 aliphatic carbocycles. The summed E-state index contributed by atoms with van der Waals surface area (Å²) in [4.78, 5) is 3.78. The molecule has 1 aliphatic rings. The van der Waals surface area contributed by atoms with Crippen LogP contribution >= 0.6 is 12.4 Å². The molecule has 1 atom stereocenters. The quantitative estimate of drug-likeness (QED) is 0.899. The first-order chi connectivity index (χ1) is 11.0. The molecule has 1 saturated heterocycles. The number of nitrogens with zero attached hydrogens (tertiary/aromatic N) is 2. The lowest BCUT2D eigenvalue weighted by Crippen LogP contribution is -2.48. The first kappa shape index (κ1) is 18.8. The van der Waals surface area contributed by atoms with E-state index in [2.05, 4.69) is 10.3 Å². The van der Waals surface area contributed by atoms with Gasteiger partial charge in [0.15, 0.2) is 0 Å². The third-order valence-electron chi connectivity index (χ3n) is 3.94. The average molecular weight is 372 g/mol. The Labute approximate surface area is 147 Å². The highest BCUT2D eigenvalue weighted by atomic mass is 35.5. The number of nitrogens with one attached hydrogen (secondary N) is 1. The van der Waals surface area contributed by atoms with E-state index < -0.39 is 21.9 Å². The van der Waals surface area contributed by atoms with Crippen LogP contribution in [-0.4, -0.2) is 37.3 Å². The van der Waals surface area contributed by atoms with Gasteiger partial charge in [-0.2, -0.15) is 4.31 Å². The zero-order chi connectivity index (χ0) is 16.4. The molecule has 0 spiro atoms. The molecule has 8 heteroatoms. The molecule has 24 heavy (non-hydrogen) atoms. The van der Waals surface area contributed by atoms with Gasteiger partial charge in [-0.05, 0) is 36.2 Å². The van der Waals surface area contributed by atoms with E-state index in [1.54, 1.807) is 31.5 Å². The van der Waals surface area contributed by atoms with E-state index in [1.165, 1.54) is 16.4 Å². The molecular weight excluding hydrogens is 353 g/mol. The second-order valence-electron chi connectivity index (χ2n) is 5.56. The minimum absolute atomic E-state index is 0. The molecule has 0 bridgehead atoms. The van der Waals surface area contributed by atoms with Crippen molar-refractivity contribution in [3.63, 3.8) is 0 Å². The highest BCUT2D eigenvalue weighted by molar-refractivity contribution is 7.89. The predicted octanol–water partition coefficient (Wildman–Crippen LogP) is 2.29. The molecule has 0 amide bonds. The van der Waals surface area contributed by atoms with Crippen molar-refractivity contribution in [3.8, 4) is 0 Å². The van der Waals surface area contributed by atoms with Crippen molar-refractivity contribution >= 4 is 22.4 Å². The molecule has 3 rings (SSSR count). The molecule has 5 nitrogen and oxygen atoms in total. The first-order valence-electron chi connectivity index (χ1n) is 7.39. The van der Waals surface area contributed by atoms with E-state index in [4.69, 9.17) is 0 Å². The number of piperazine rings is 1. The van der Waals surface area contributed by atoms with Gasteiger partial charge in [0.2, 0.25) is 10.0 Å². The number of sulfonamides is 1. The van der Waals surface area contributed by atoms with E-state index in [-0.39, 0.29) is 23.8 Å². The van der Waals surface area contributed by atoms with Gasteiger partial charge in [0.1, 0.15) is 10.7 Å². The van der Waals surface area contributed by atoms with Gasteiger partial charge in [-0.15, -0.1) is 12.4 Å². The Bertz CT molecular complexity index is 802. The maximum absolute atomic E-state index is 14.2. The van der Waals surface area contributed by atoms with E-state index in [0.29, 0.717) is 18.7 Å². The summed E-state index contributed by atoms with van der Waals surface area (Å²) in [6.45, 7) is 3.01. The van der Waals surface area contributed by atoms with Gasteiger partial charge in [0, 0.05) is 32.0 Å². The Morgan fingerprint density at radius 2 is 2.12 bits per heavy atom. The SMILES string of the molecule is Cc1ccc(S(=O)(=O)N2CCNCC2c2cccnc2)c(F)c1.Cl. The van der Waals surface area contributed by atoms with Gasteiger partial charge in [-0.1, -0.05) is 12.1 Å². The van der Waals surface area contributed by atoms with Crippen LogP contribution in [0.25, 0.3) is 0 Å². The lowest BCUT2D eigenvalue weighted by Gasteiger charge is -2.35. The van der Waals surface area contributed by atoms with Gasteiger partial charge < -0.3 is 5.32 Å². The lowest BCUT2D eigenvalue weighted by atomic mass is 10.1. The Hall–Kier alpha value is -1.54. The van der Waals surface area contributed by atoms with Crippen LogP contribution in [0.15, 0.2) is 47.6 Å². The van der Waals surface area contributed by atoms with Crippen molar-refractivity contribution < 1.29 is 12.8 Å². The molecule has 2 heterocycles. The minimum Gasteiger partial charge on any atom is -0.313 e. The Morgan fingerprint density at radius 1 is 1.33 bits per heavy atom. The molecule has 1 fully saturated rings. The molecule has 1 aromatic carbocycles. The summed E-state index contributed by atoms with van der Waals surface area (Å²) in [6, 6.07) is 7.39. The van der Waals surface area contributed by atoms with Gasteiger partial charge >= 0.3 is 0 Å². The third kappa shape index (κ3) is 3.59. The van der Waals surface area contributed by atoms with E-state index in [9.17, 15) is 12.8 Å². The van der Waals surface area contributed by atoms with E-state index in [0.717, 1.165) is 5.56 Å². The monoisotopic (exact) mass is 371 g/mol. The normalized spacial score (nSPS) is 18.8. The molecule has 1 aromatic heterocycles. The van der Waals surface area contributed by atoms with Gasteiger partial charge in [0.05, 0.1) is 6.04 Å². The first-order valence-corrected chi connectivity index (χ1v) is 8.83. The average Bonchev–Trinajstić information content (AvgIpc) is 2.55. The van der Waals surface area contributed by atoms with Crippen molar-refractivity contribution in [3.05, 3.63) is 59.7 Å². The Balaban J connectivity index is 0.00000208. The largest absolute Gasteiger partial charge is 0.313 e. The summed E-state index contributed by atoms with van der Waals surface area (Å²) in [6.07, 6.45) is 3.28. The zero-order valence-electron chi connectivity index (χ0n) is 13.1. The Kier molecular flexibility index (Phi) is 5.92. The van der Waals surface area contributed by atoms with Crippen LogP contribution in [0.2, 0.25) is 0 Å². The summed E-state index contributed by atoms with van der Waals surface area (Å²) in [5, 5.41) is 3.18. The highest BCUT2D eigenvalue weighted by Gasteiger charge is 2.35. The number of pyridine rings is 1. The zero-order valence-corrected chi connectivity index (χ0v) is 14.8. The van der Waals surface area contributed by atoms with Crippen LogP contribution in [-0.2, 0) is 10.0 Å². The molecule has 130 valence electrons. The fraction of sp³-hybridized carbons (Fsp3) is 0.312. The highest BCUT2D eigenvalue weighted by Crippen LogP contribution is 2.29. The Morgan fingerprint density at radius 3 is 2.79 bits per heavy atom. The maximum Gasteiger partial charge on any atom is 0.246 e. The number of hydrogen-bond donors (Lipinski definition) is 1. The molecule has 0 saturated carbocycles. The number of rotatable bonds is 3. The minimum atomic E-state index is -3.92. The van der Waals surface area contributed by atoms with Gasteiger partial charge in [-0.3, -0.25) is 4.98 Å². The predicted molar refractivity (Wildman–Crippen MR) is 92.1 cm³/mol. The van der Waals surface area contributed by atoms with Gasteiger partial charge in [-0.25, -0.2) is 12.8 Å². The topological polar surface area (TPSA) is 62.3 Å². The maximum atomic E-state index is 14.2. The van der Waals surface area contributed by atoms with Crippen molar-refractivity contribution in [2.75, 3.05) is 19.6 Å². The molecule has 1 unspecified atom stereocenters. The van der Waals surface area contributed by atoms with Crippen LogP contribution in [0.3, 0.4) is 0 Å². The van der Waals surface area contributed by atoms with Crippen LogP contribution < -0.4 is 5.32 Å². The molecule has 2 aromatic rings. The summed E-state index contributed by atoms with van der Waals surface area (Å²) in [5.74, 6) is -0.714. The van der Waals surface area contributed by atoms with E-state index in [1.807, 2.05) is 6.07 Å². The van der Waals surface area contributed by atoms with Gasteiger partial charge in [0.25, 0.3) is 0 Å². The second-order valence-corrected chi connectivity index (χ2v) is 7.41. The van der Waals surface area contributed by atoms with Crippen LogP contribution in [0.4, 0.5) is 4.39 Å². The smallest absolute Gasteiger partial charge is 0.246 e. The summed E-state index contributed by atoms with van der Waals surface area (Å²) >= 11 is 0. The lowest BCUT2D eigenvalue weighted by molar-refractivity contribution is 0.270. The van der Waals surface area contributed by atoms with E-state index >= 15 is 0 Å². The van der Waals surface area contributed by atoms with Crippen LogP contribution in [0.1, 0.15) is 17.2 Å². The standard InChI is InChI=1S/C16H18FN3O2S.ClH/c1-12-4-5-16(14(17)9-12)23(21,22)20-8-7-19-11-15(20)13-3-2-6-18-10-13;/h2-6,9-10,15,19H,7-8,11H2,1H3;1H. The summed E-state index contributed by atoms with van der Waals surface area (Å²) in [5.41, 5.74) is 1.47. The molecule has 0 radical (unpaired) electrons. The van der Waals surface area contributed by atoms with Crippen molar-refractivity contribution in [1.82, 2.24) is 14.6 Å². The number of benzene rings is 1. The summed E-state index contributed by atoms with van der Waals surface area (Å²) in [7, 11) is -3.92. The summed E-state index contributed by atoms with van der Waals surface area (Å²) < 4.78 is 41.4. The number of hydrogen-bond acceptors (Lipinski definition) is 4. The van der Waals surface area contributed by atoms with Crippen LogP contribution in [0, 0.1) is 12.7 Å². The fourth-order valence-electron chi connectivity index (χ4n) is 2.77. The number of aromatic nitrogens is 1. The third-order valence-corrected chi connectivity index (χ3v) is 5.88. The van der Waals surface area contributed by atoms with Crippen molar-refractivity contribution in [1.29, 1.82) is 0 Å². The molecule has 1 N–H and O–H groups in total. The second kappa shape index (κ2) is 7.57. The van der Waals surface area contributed by atoms with Crippen molar-refractivity contribution in [2.24, 2.45) is 0 Å². The number of aryl methyl sites for hydroxylation is 1. The van der Waals surface area contributed by atoms with Crippen molar-refractivity contribution in [2.45, 2.75) is 17.9 Å².